The fraction of sp³-hybridized carbons (Fsp3) is 0.667. The van der Waals surface area contributed by atoms with Crippen molar-refractivity contribution in [3.63, 3.8) is 0 Å². The lowest BCUT2D eigenvalue weighted by molar-refractivity contribution is 0.199. The van der Waals surface area contributed by atoms with Gasteiger partial charge in [0, 0.05) is 25.8 Å². The minimum atomic E-state index is 0.571. The first-order valence-electron chi connectivity index (χ1n) is 7.12. The Bertz CT molecular complexity index is 375. The highest BCUT2D eigenvalue weighted by Gasteiger charge is 2.31. The quantitative estimate of drug-likeness (QED) is 0.889. The van der Waals surface area contributed by atoms with E-state index in [1.165, 1.54) is 36.9 Å². The molecule has 0 unspecified atom stereocenters. The smallest absolute Gasteiger partial charge is 0.0598 e. The lowest BCUT2D eigenvalue weighted by Crippen LogP contribution is -2.40. The second-order valence-corrected chi connectivity index (χ2v) is 5.40. The molecule has 2 N–H and O–H groups in total. The van der Waals surface area contributed by atoms with Crippen molar-refractivity contribution < 1.29 is 0 Å². The van der Waals surface area contributed by atoms with Crippen LogP contribution in [0.4, 0.5) is 5.69 Å². The molecule has 2 heterocycles. The van der Waals surface area contributed by atoms with Gasteiger partial charge in [-0.15, -0.1) is 0 Å². The number of rotatable bonds is 4. The van der Waals surface area contributed by atoms with Crippen LogP contribution in [0.1, 0.15) is 45.1 Å². The fourth-order valence-corrected chi connectivity index (χ4v) is 3.05. The number of hydrogen-bond acceptors (Lipinski definition) is 3. The fourth-order valence-electron chi connectivity index (χ4n) is 3.05. The molecule has 0 aliphatic carbocycles. The van der Waals surface area contributed by atoms with Crippen LogP contribution in [0.3, 0.4) is 0 Å². The van der Waals surface area contributed by atoms with Crippen LogP contribution in [0.15, 0.2) is 18.5 Å². The van der Waals surface area contributed by atoms with E-state index >= 15 is 0 Å². The molecule has 3 heteroatoms. The van der Waals surface area contributed by atoms with E-state index in [9.17, 15) is 0 Å². The maximum absolute atomic E-state index is 5.81. The highest BCUT2D eigenvalue weighted by molar-refractivity contribution is 5.52. The van der Waals surface area contributed by atoms with Crippen LogP contribution in [0, 0.1) is 5.41 Å². The summed E-state index contributed by atoms with van der Waals surface area (Å²) in [6.45, 7) is 7.53. The van der Waals surface area contributed by atoms with Crippen LogP contribution < -0.4 is 10.6 Å². The summed E-state index contributed by atoms with van der Waals surface area (Å²) in [7, 11) is 0. The van der Waals surface area contributed by atoms with Crippen molar-refractivity contribution in [2.24, 2.45) is 11.1 Å². The van der Waals surface area contributed by atoms with Gasteiger partial charge in [-0.25, -0.2) is 0 Å². The van der Waals surface area contributed by atoms with Gasteiger partial charge in [0.05, 0.1) is 11.9 Å². The van der Waals surface area contributed by atoms with Crippen LogP contribution in [-0.2, 0) is 6.54 Å². The molecular weight excluding hydrogens is 222 g/mol. The molecule has 0 spiro atoms. The van der Waals surface area contributed by atoms with Gasteiger partial charge in [0.2, 0.25) is 0 Å². The molecule has 0 radical (unpaired) electrons. The number of nitrogens with two attached hydrogens (primary N) is 1. The Balaban J connectivity index is 2.10. The Labute approximate surface area is 110 Å². The van der Waals surface area contributed by atoms with E-state index in [4.69, 9.17) is 5.73 Å². The standard InChI is InChI=1S/C15H25N3/c1-3-15(4-2)6-9-18(10-7-15)14-12-17-8-5-13(14)11-16/h5,8,12H,3-4,6-7,9-11,16H2,1-2H3. The summed E-state index contributed by atoms with van der Waals surface area (Å²) < 4.78 is 0. The van der Waals surface area contributed by atoms with Crippen molar-refractivity contribution >= 4 is 5.69 Å². The molecule has 1 fully saturated rings. The molecule has 0 atom stereocenters. The molecule has 0 saturated carbocycles. The number of hydrogen-bond donors (Lipinski definition) is 1. The normalized spacial score (nSPS) is 18.9. The Morgan fingerprint density at radius 2 is 1.94 bits per heavy atom. The predicted octanol–water partition coefficient (Wildman–Crippen LogP) is 2.95. The van der Waals surface area contributed by atoms with E-state index in [0.717, 1.165) is 13.1 Å². The zero-order valence-corrected chi connectivity index (χ0v) is 11.7. The van der Waals surface area contributed by atoms with Gasteiger partial charge in [-0.3, -0.25) is 4.98 Å². The molecule has 1 aliphatic heterocycles. The van der Waals surface area contributed by atoms with E-state index in [1.54, 1.807) is 0 Å². The van der Waals surface area contributed by atoms with Crippen molar-refractivity contribution in [1.29, 1.82) is 0 Å². The number of piperidine rings is 1. The van der Waals surface area contributed by atoms with Crippen molar-refractivity contribution in [3.8, 4) is 0 Å². The second kappa shape index (κ2) is 5.70. The van der Waals surface area contributed by atoms with E-state index in [1.807, 2.05) is 18.5 Å². The third-order valence-corrected chi connectivity index (χ3v) is 4.77. The molecule has 3 nitrogen and oxygen atoms in total. The summed E-state index contributed by atoms with van der Waals surface area (Å²) in [6.07, 6.45) is 8.98. The molecule has 18 heavy (non-hydrogen) atoms. The third-order valence-electron chi connectivity index (χ3n) is 4.77. The first-order valence-corrected chi connectivity index (χ1v) is 7.12. The number of anilines is 1. The van der Waals surface area contributed by atoms with Crippen molar-refractivity contribution in [2.45, 2.75) is 46.1 Å². The largest absolute Gasteiger partial charge is 0.370 e. The highest BCUT2D eigenvalue weighted by atomic mass is 15.1. The molecule has 1 aromatic rings. The third kappa shape index (κ3) is 2.51. The SMILES string of the molecule is CCC1(CC)CCN(c2cnccc2CN)CC1. The molecule has 100 valence electrons. The van der Waals surface area contributed by atoms with Crippen LogP contribution in [0.2, 0.25) is 0 Å². The maximum atomic E-state index is 5.81. The molecule has 0 bridgehead atoms. The summed E-state index contributed by atoms with van der Waals surface area (Å²) in [5.41, 5.74) is 8.83. The topological polar surface area (TPSA) is 42.2 Å². The second-order valence-electron chi connectivity index (χ2n) is 5.40. The number of aromatic nitrogens is 1. The number of pyridine rings is 1. The first kappa shape index (κ1) is 13.3. The minimum absolute atomic E-state index is 0.571. The predicted molar refractivity (Wildman–Crippen MR) is 76.6 cm³/mol. The monoisotopic (exact) mass is 247 g/mol. The molecular formula is C15H25N3. The van der Waals surface area contributed by atoms with Gasteiger partial charge < -0.3 is 10.6 Å². The Morgan fingerprint density at radius 3 is 2.50 bits per heavy atom. The van der Waals surface area contributed by atoms with E-state index in [2.05, 4.69) is 23.7 Å². The van der Waals surface area contributed by atoms with Crippen molar-refractivity contribution in [3.05, 3.63) is 24.0 Å². The number of nitrogens with zero attached hydrogens (tertiary/aromatic N) is 2. The van der Waals surface area contributed by atoms with E-state index < -0.39 is 0 Å². The zero-order chi connectivity index (χ0) is 13.0. The summed E-state index contributed by atoms with van der Waals surface area (Å²) >= 11 is 0. The summed E-state index contributed by atoms with van der Waals surface area (Å²) in [6, 6.07) is 2.04. The van der Waals surface area contributed by atoms with Crippen LogP contribution in [0.5, 0.6) is 0 Å². The molecule has 1 aliphatic rings. The van der Waals surface area contributed by atoms with Gasteiger partial charge in [-0.1, -0.05) is 26.7 Å². The summed E-state index contributed by atoms with van der Waals surface area (Å²) in [5.74, 6) is 0. The van der Waals surface area contributed by atoms with Gasteiger partial charge in [0.1, 0.15) is 0 Å². The van der Waals surface area contributed by atoms with E-state index in [0.29, 0.717) is 12.0 Å². The van der Waals surface area contributed by atoms with Gasteiger partial charge >= 0.3 is 0 Å². The Morgan fingerprint density at radius 1 is 1.28 bits per heavy atom. The summed E-state index contributed by atoms with van der Waals surface area (Å²) in [5, 5.41) is 0. The molecule has 0 aromatic carbocycles. The van der Waals surface area contributed by atoms with Gasteiger partial charge in [-0.2, -0.15) is 0 Å². The lowest BCUT2D eigenvalue weighted by atomic mass is 9.74. The maximum Gasteiger partial charge on any atom is 0.0598 e. The van der Waals surface area contributed by atoms with Gasteiger partial charge in [0.25, 0.3) is 0 Å². The van der Waals surface area contributed by atoms with Crippen LogP contribution in [-0.4, -0.2) is 18.1 Å². The van der Waals surface area contributed by atoms with E-state index in [-0.39, 0.29) is 0 Å². The molecule has 2 rings (SSSR count). The Hall–Kier alpha value is -1.09. The van der Waals surface area contributed by atoms with Crippen molar-refractivity contribution in [2.75, 3.05) is 18.0 Å². The molecule has 0 amide bonds. The van der Waals surface area contributed by atoms with Gasteiger partial charge in [-0.05, 0) is 29.9 Å². The summed E-state index contributed by atoms with van der Waals surface area (Å²) in [4.78, 5) is 6.71. The molecule has 1 aromatic heterocycles. The lowest BCUT2D eigenvalue weighted by Gasteiger charge is -2.42. The van der Waals surface area contributed by atoms with Crippen LogP contribution >= 0.6 is 0 Å². The molecule has 1 saturated heterocycles. The Kier molecular flexibility index (Phi) is 4.23. The minimum Gasteiger partial charge on any atom is -0.370 e. The average Bonchev–Trinajstić information content (AvgIpc) is 2.47. The highest BCUT2D eigenvalue weighted by Crippen LogP contribution is 2.39. The van der Waals surface area contributed by atoms with Crippen molar-refractivity contribution in [1.82, 2.24) is 4.98 Å². The van der Waals surface area contributed by atoms with Gasteiger partial charge in [0.15, 0.2) is 0 Å². The average molecular weight is 247 g/mol. The first-order chi connectivity index (χ1) is 8.74. The zero-order valence-electron chi connectivity index (χ0n) is 11.7. The van der Waals surface area contributed by atoms with Crippen LogP contribution in [0.25, 0.3) is 0 Å².